The summed E-state index contributed by atoms with van der Waals surface area (Å²) < 4.78 is 23.0. The van der Waals surface area contributed by atoms with Crippen LogP contribution in [0.25, 0.3) is 0 Å². The molecular formula is C26H44N3O10P. The Morgan fingerprint density at radius 1 is 0.825 bits per heavy atom. The number of hydrogen-bond acceptors (Lipinski definition) is 9. The summed E-state index contributed by atoms with van der Waals surface area (Å²) in [5.74, 6) is -3.52. The number of carboxylic acids is 3. The van der Waals surface area contributed by atoms with Gasteiger partial charge in [-0.05, 0) is 37.9 Å². The first-order valence-electron chi connectivity index (χ1n) is 13.5. The summed E-state index contributed by atoms with van der Waals surface area (Å²) in [5, 5.41) is 27.5. The standard InChI is InChI=1S/C26H44N3O10P/c1-3-29(4-2)23(17-27(18-24(30)31)14-15-28(19-25(32)33)20-26(34)35)21-39-40(36,37)38-16-10-6-9-13-22-11-7-5-8-12-22/h5,7-8,11-12,23H,3-4,6,9-10,13-21H2,1-2H3,(H,30,31)(H,32,33)(H,34,35)(H,36,37). The van der Waals surface area contributed by atoms with Gasteiger partial charge >= 0.3 is 25.7 Å². The Balaban J connectivity index is 2.68. The number of carboxylic acid groups (broad SMARTS) is 3. The van der Waals surface area contributed by atoms with E-state index in [9.17, 15) is 28.9 Å². The highest BCUT2D eigenvalue weighted by Gasteiger charge is 2.27. The molecule has 14 heteroatoms. The number of carbonyl (C=O) groups is 3. The molecular weight excluding hydrogens is 545 g/mol. The van der Waals surface area contributed by atoms with Gasteiger partial charge in [0.2, 0.25) is 0 Å². The molecule has 0 aliphatic rings. The summed E-state index contributed by atoms with van der Waals surface area (Å²) in [6.07, 6.45) is 3.25. The highest BCUT2D eigenvalue weighted by atomic mass is 31.2. The summed E-state index contributed by atoms with van der Waals surface area (Å²) >= 11 is 0. The Bertz CT molecular complexity index is 917. The molecule has 0 bridgehead atoms. The summed E-state index contributed by atoms with van der Waals surface area (Å²) in [4.78, 5) is 48.6. The number of phosphoric acid groups is 1. The molecule has 0 radical (unpaired) electrons. The molecule has 0 aromatic heterocycles. The van der Waals surface area contributed by atoms with Gasteiger partial charge in [0.25, 0.3) is 0 Å². The number of unbranched alkanes of at least 4 members (excludes halogenated alkanes) is 2. The van der Waals surface area contributed by atoms with Crippen molar-refractivity contribution in [3.8, 4) is 0 Å². The molecule has 13 nitrogen and oxygen atoms in total. The SMILES string of the molecule is CCN(CC)C(COP(=O)(O)OCCCCCc1ccccc1)CN(CCN(CC(=O)O)CC(=O)O)CC(=O)O. The van der Waals surface area contributed by atoms with Crippen molar-refractivity contribution >= 4 is 25.7 Å². The predicted molar refractivity (Wildman–Crippen MR) is 148 cm³/mol. The summed E-state index contributed by atoms with van der Waals surface area (Å²) in [6, 6.07) is 9.56. The van der Waals surface area contributed by atoms with Gasteiger partial charge in [0.15, 0.2) is 0 Å². The van der Waals surface area contributed by atoms with Gasteiger partial charge in [-0.15, -0.1) is 0 Å². The van der Waals surface area contributed by atoms with Gasteiger partial charge in [-0.2, -0.15) is 0 Å². The Kier molecular flexibility index (Phi) is 17.5. The smallest absolute Gasteiger partial charge is 0.472 e. The summed E-state index contributed by atoms with van der Waals surface area (Å²) in [7, 11) is -4.35. The molecule has 0 fully saturated rings. The Hall–Kier alpha value is -2.38. The van der Waals surface area contributed by atoms with Gasteiger partial charge < -0.3 is 20.2 Å². The molecule has 0 aliphatic heterocycles. The Morgan fingerprint density at radius 2 is 1.38 bits per heavy atom. The maximum Gasteiger partial charge on any atom is 0.472 e. The molecule has 0 amide bonds. The molecule has 0 heterocycles. The fourth-order valence-corrected chi connectivity index (χ4v) is 5.06. The van der Waals surface area contributed by atoms with Crippen molar-refractivity contribution < 1.29 is 48.2 Å². The van der Waals surface area contributed by atoms with E-state index in [0.29, 0.717) is 19.5 Å². The van der Waals surface area contributed by atoms with E-state index in [0.717, 1.165) is 19.3 Å². The molecule has 1 aromatic rings. The fraction of sp³-hybridized carbons (Fsp3) is 0.654. The lowest BCUT2D eigenvalue weighted by molar-refractivity contribution is -0.143. The average Bonchev–Trinajstić information content (AvgIpc) is 2.88. The van der Waals surface area contributed by atoms with Crippen molar-refractivity contribution in [2.75, 3.05) is 65.6 Å². The highest BCUT2D eigenvalue weighted by Crippen LogP contribution is 2.43. The lowest BCUT2D eigenvalue weighted by Crippen LogP contribution is -2.49. The Morgan fingerprint density at radius 3 is 1.93 bits per heavy atom. The monoisotopic (exact) mass is 589 g/mol. The van der Waals surface area contributed by atoms with Gasteiger partial charge in [0.05, 0.1) is 32.8 Å². The lowest BCUT2D eigenvalue weighted by Gasteiger charge is -2.34. The largest absolute Gasteiger partial charge is 0.480 e. The number of nitrogens with zero attached hydrogens (tertiary/aromatic N) is 3. The third-order valence-corrected chi connectivity index (χ3v) is 7.23. The van der Waals surface area contributed by atoms with Crippen molar-refractivity contribution in [3.63, 3.8) is 0 Å². The van der Waals surface area contributed by atoms with Crippen molar-refractivity contribution in [3.05, 3.63) is 35.9 Å². The molecule has 0 spiro atoms. The van der Waals surface area contributed by atoms with Crippen LogP contribution < -0.4 is 0 Å². The predicted octanol–water partition coefficient (Wildman–Crippen LogP) is 2.10. The van der Waals surface area contributed by atoms with Gasteiger partial charge in [-0.25, -0.2) is 4.57 Å². The molecule has 2 unspecified atom stereocenters. The van der Waals surface area contributed by atoms with Crippen LogP contribution in [0.5, 0.6) is 0 Å². The van der Waals surface area contributed by atoms with Crippen LogP contribution >= 0.6 is 7.82 Å². The molecule has 4 N–H and O–H groups in total. The maximum atomic E-state index is 12.5. The lowest BCUT2D eigenvalue weighted by atomic mass is 10.1. The quantitative estimate of drug-likeness (QED) is 0.102. The van der Waals surface area contributed by atoms with Crippen LogP contribution in [0.2, 0.25) is 0 Å². The van der Waals surface area contributed by atoms with Gasteiger partial charge in [0.1, 0.15) is 0 Å². The zero-order valence-corrected chi connectivity index (χ0v) is 24.3. The molecule has 1 rings (SSSR count). The number of benzene rings is 1. The van der Waals surface area contributed by atoms with Crippen molar-refractivity contribution in [2.24, 2.45) is 0 Å². The molecule has 40 heavy (non-hydrogen) atoms. The van der Waals surface area contributed by atoms with Crippen LogP contribution in [0.4, 0.5) is 0 Å². The topological polar surface area (TPSA) is 177 Å². The van der Waals surface area contributed by atoms with Gasteiger partial charge in [-0.1, -0.05) is 50.6 Å². The van der Waals surface area contributed by atoms with E-state index in [1.165, 1.54) is 15.4 Å². The van der Waals surface area contributed by atoms with Crippen molar-refractivity contribution in [2.45, 2.75) is 45.6 Å². The average molecular weight is 590 g/mol. The van der Waals surface area contributed by atoms with E-state index in [2.05, 4.69) is 12.1 Å². The van der Waals surface area contributed by atoms with Gasteiger partial charge in [0, 0.05) is 25.7 Å². The number of rotatable bonds is 24. The van der Waals surface area contributed by atoms with E-state index in [-0.39, 0.29) is 39.4 Å². The van der Waals surface area contributed by atoms with Crippen LogP contribution in [0.3, 0.4) is 0 Å². The molecule has 0 saturated heterocycles. The zero-order valence-electron chi connectivity index (χ0n) is 23.4. The van der Waals surface area contributed by atoms with E-state index in [1.807, 2.05) is 36.9 Å². The first kappa shape index (κ1) is 35.6. The number of aliphatic carboxylic acids is 3. The molecule has 2 atom stereocenters. The summed E-state index contributed by atoms with van der Waals surface area (Å²) in [6.45, 7) is 3.57. The molecule has 228 valence electrons. The second kappa shape index (κ2) is 19.7. The number of phosphoric ester groups is 1. The van der Waals surface area contributed by atoms with E-state index in [1.54, 1.807) is 0 Å². The highest BCUT2D eigenvalue weighted by molar-refractivity contribution is 7.47. The van der Waals surface area contributed by atoms with Crippen LogP contribution in [0.1, 0.15) is 38.7 Å². The second-order valence-corrected chi connectivity index (χ2v) is 10.8. The minimum absolute atomic E-state index is 0.00356. The van der Waals surface area contributed by atoms with E-state index in [4.69, 9.17) is 19.3 Å². The minimum atomic E-state index is -4.35. The van der Waals surface area contributed by atoms with Gasteiger partial charge in [-0.3, -0.25) is 38.1 Å². The second-order valence-electron chi connectivity index (χ2n) is 9.40. The number of likely N-dealkylation sites (N-methyl/N-ethyl adjacent to an activating group) is 1. The molecule has 0 aliphatic carbocycles. The van der Waals surface area contributed by atoms with Crippen molar-refractivity contribution in [1.82, 2.24) is 14.7 Å². The first-order chi connectivity index (χ1) is 19.0. The maximum absolute atomic E-state index is 12.5. The van der Waals surface area contributed by atoms with Crippen LogP contribution in [0.15, 0.2) is 30.3 Å². The fourth-order valence-electron chi connectivity index (χ4n) is 4.27. The third kappa shape index (κ3) is 16.7. The molecule has 1 aromatic carbocycles. The summed E-state index contributed by atoms with van der Waals surface area (Å²) in [5.41, 5.74) is 1.23. The zero-order chi connectivity index (χ0) is 30.0. The molecule has 0 saturated carbocycles. The van der Waals surface area contributed by atoms with E-state index < -0.39 is 44.9 Å². The third-order valence-electron chi connectivity index (χ3n) is 6.24. The minimum Gasteiger partial charge on any atom is -0.480 e. The van der Waals surface area contributed by atoms with Crippen LogP contribution in [-0.2, 0) is 34.4 Å². The van der Waals surface area contributed by atoms with Crippen LogP contribution in [-0.4, -0.2) is 124 Å². The normalized spacial score (nSPS) is 13.9. The van der Waals surface area contributed by atoms with E-state index >= 15 is 0 Å². The number of hydrogen-bond donors (Lipinski definition) is 4. The van der Waals surface area contributed by atoms with Crippen molar-refractivity contribution in [1.29, 1.82) is 0 Å². The first-order valence-corrected chi connectivity index (χ1v) is 14.9. The Labute approximate surface area is 235 Å². The number of aryl methyl sites for hydroxylation is 1. The van der Waals surface area contributed by atoms with Crippen LogP contribution in [0, 0.1) is 0 Å².